The fourth-order valence-corrected chi connectivity index (χ4v) is 1.66. The Hall–Kier alpha value is -1.88. The van der Waals surface area contributed by atoms with E-state index in [4.69, 9.17) is 5.11 Å². The summed E-state index contributed by atoms with van der Waals surface area (Å²) in [6, 6.07) is 5.26. The number of carbonyl (C=O) groups is 1. The summed E-state index contributed by atoms with van der Waals surface area (Å²) < 4.78 is 0. The van der Waals surface area contributed by atoms with Gasteiger partial charge in [-0.15, -0.1) is 0 Å². The van der Waals surface area contributed by atoms with Gasteiger partial charge in [0, 0.05) is 12.4 Å². The molecule has 1 atom stereocenters. The van der Waals surface area contributed by atoms with Crippen molar-refractivity contribution in [2.24, 2.45) is 0 Å². The lowest BCUT2D eigenvalue weighted by Crippen LogP contribution is -2.37. The molecule has 1 aromatic carbocycles. The number of para-hydroxylation sites is 1. The van der Waals surface area contributed by atoms with Crippen LogP contribution in [0.3, 0.4) is 0 Å². The second-order valence-electron chi connectivity index (χ2n) is 4.09. The van der Waals surface area contributed by atoms with Gasteiger partial charge in [0.2, 0.25) is 0 Å². The third-order valence-electron chi connectivity index (χ3n) is 2.95. The zero-order valence-electron chi connectivity index (χ0n) is 9.84. The average molecular weight is 233 g/mol. The van der Waals surface area contributed by atoms with Crippen LogP contribution in [0.1, 0.15) is 17.3 Å². The Labute approximate surface area is 99.1 Å². The molecule has 1 amide bonds. The van der Waals surface area contributed by atoms with Gasteiger partial charge < -0.3 is 10.0 Å². The number of hydrogen-bond acceptors (Lipinski definition) is 3. The normalized spacial score (nSPS) is 12.6. The molecule has 1 heterocycles. The van der Waals surface area contributed by atoms with Crippen LogP contribution in [0.25, 0.3) is 10.9 Å². The van der Waals surface area contributed by atoms with E-state index >= 15 is 0 Å². The predicted octanol–water partition coefficient (Wildman–Crippen LogP) is 1.02. The zero-order valence-corrected chi connectivity index (χ0v) is 9.84. The monoisotopic (exact) mass is 233 g/mol. The number of aromatic nitrogens is 2. The lowest BCUT2D eigenvalue weighted by Gasteiger charge is -2.23. The summed E-state index contributed by atoms with van der Waals surface area (Å²) in [6.07, 6.45) is 1.68. The van der Waals surface area contributed by atoms with Gasteiger partial charge in [-0.25, -0.2) is 0 Å². The first-order chi connectivity index (χ1) is 8.15. The molecule has 0 aliphatic heterocycles. The Morgan fingerprint density at radius 1 is 1.59 bits per heavy atom. The molecule has 1 unspecified atom stereocenters. The lowest BCUT2D eigenvalue weighted by molar-refractivity contribution is 0.0684. The van der Waals surface area contributed by atoms with E-state index < -0.39 is 0 Å². The number of likely N-dealkylation sites (N-methyl/N-ethyl adjacent to an activating group) is 1. The Bertz CT molecular complexity index is 535. The van der Waals surface area contributed by atoms with Crippen LogP contribution < -0.4 is 0 Å². The van der Waals surface area contributed by atoms with Crippen LogP contribution >= 0.6 is 0 Å². The van der Waals surface area contributed by atoms with E-state index in [0.29, 0.717) is 5.56 Å². The van der Waals surface area contributed by atoms with Crippen molar-refractivity contribution in [3.63, 3.8) is 0 Å². The molecule has 0 bridgehead atoms. The maximum atomic E-state index is 12.2. The van der Waals surface area contributed by atoms with Gasteiger partial charge in [-0.3, -0.25) is 9.89 Å². The molecule has 5 heteroatoms. The summed E-state index contributed by atoms with van der Waals surface area (Å²) in [4.78, 5) is 13.7. The molecule has 5 nitrogen and oxygen atoms in total. The van der Waals surface area contributed by atoms with E-state index in [2.05, 4.69) is 10.2 Å². The van der Waals surface area contributed by atoms with E-state index in [1.165, 1.54) is 4.90 Å². The molecule has 0 radical (unpaired) electrons. The molecule has 2 N–H and O–H groups in total. The van der Waals surface area contributed by atoms with Gasteiger partial charge in [0.25, 0.3) is 5.91 Å². The Morgan fingerprint density at radius 3 is 3.06 bits per heavy atom. The quantitative estimate of drug-likeness (QED) is 0.831. The lowest BCUT2D eigenvalue weighted by atomic mass is 10.1. The van der Waals surface area contributed by atoms with E-state index in [1.54, 1.807) is 26.2 Å². The van der Waals surface area contributed by atoms with E-state index in [-0.39, 0.29) is 18.6 Å². The van der Waals surface area contributed by atoms with Gasteiger partial charge in [0.15, 0.2) is 0 Å². The number of benzene rings is 1. The molecule has 1 aromatic heterocycles. The van der Waals surface area contributed by atoms with Crippen molar-refractivity contribution in [1.29, 1.82) is 0 Å². The number of carbonyl (C=O) groups excluding carboxylic acids is 1. The van der Waals surface area contributed by atoms with Crippen molar-refractivity contribution in [3.8, 4) is 0 Å². The van der Waals surface area contributed by atoms with Gasteiger partial charge in [-0.2, -0.15) is 5.10 Å². The minimum Gasteiger partial charge on any atom is -0.394 e. The third-order valence-corrected chi connectivity index (χ3v) is 2.95. The molecule has 0 spiro atoms. The summed E-state index contributed by atoms with van der Waals surface area (Å²) >= 11 is 0. The highest BCUT2D eigenvalue weighted by molar-refractivity contribution is 6.05. The number of amides is 1. The molecule has 2 rings (SSSR count). The largest absolute Gasteiger partial charge is 0.394 e. The maximum Gasteiger partial charge on any atom is 0.256 e. The van der Waals surface area contributed by atoms with Gasteiger partial charge in [0.1, 0.15) is 0 Å². The summed E-state index contributed by atoms with van der Waals surface area (Å²) in [5, 5.41) is 16.7. The van der Waals surface area contributed by atoms with Crippen LogP contribution in [0.15, 0.2) is 24.4 Å². The molecular formula is C12H15N3O2. The fourth-order valence-electron chi connectivity index (χ4n) is 1.66. The van der Waals surface area contributed by atoms with Crippen molar-refractivity contribution < 1.29 is 9.90 Å². The summed E-state index contributed by atoms with van der Waals surface area (Å²) in [5.74, 6) is -0.124. The van der Waals surface area contributed by atoms with E-state index in [9.17, 15) is 4.79 Å². The predicted molar refractivity (Wildman–Crippen MR) is 64.7 cm³/mol. The van der Waals surface area contributed by atoms with E-state index in [1.807, 2.05) is 12.1 Å². The van der Waals surface area contributed by atoms with Crippen LogP contribution in [0.5, 0.6) is 0 Å². The summed E-state index contributed by atoms with van der Waals surface area (Å²) in [7, 11) is 1.68. The van der Waals surface area contributed by atoms with E-state index in [0.717, 1.165) is 10.9 Å². The number of hydrogen-bond donors (Lipinski definition) is 2. The Kier molecular flexibility index (Phi) is 3.10. The minimum atomic E-state index is -0.208. The highest BCUT2D eigenvalue weighted by Crippen LogP contribution is 2.17. The van der Waals surface area contributed by atoms with Gasteiger partial charge >= 0.3 is 0 Å². The van der Waals surface area contributed by atoms with Crippen LogP contribution in [0, 0.1) is 0 Å². The summed E-state index contributed by atoms with van der Waals surface area (Å²) in [6.45, 7) is 1.74. The highest BCUT2D eigenvalue weighted by atomic mass is 16.3. The average Bonchev–Trinajstić information content (AvgIpc) is 2.83. The SMILES string of the molecule is CC(CO)N(C)C(=O)c1cccc2cn[nH]c12. The number of aromatic amines is 1. The highest BCUT2D eigenvalue weighted by Gasteiger charge is 2.19. The summed E-state index contributed by atoms with van der Waals surface area (Å²) in [5.41, 5.74) is 1.30. The number of aliphatic hydroxyl groups is 1. The molecule has 0 saturated heterocycles. The van der Waals surface area contributed by atoms with Gasteiger partial charge in [-0.05, 0) is 13.0 Å². The zero-order chi connectivity index (χ0) is 12.4. The Balaban J connectivity index is 2.39. The minimum absolute atomic E-state index is 0.0544. The number of H-pyrrole nitrogens is 1. The molecule has 0 fully saturated rings. The molecule has 0 aliphatic rings. The molecule has 0 saturated carbocycles. The molecular weight excluding hydrogens is 218 g/mol. The van der Waals surface area contributed by atoms with Crippen LogP contribution in [0.2, 0.25) is 0 Å². The van der Waals surface area contributed by atoms with Crippen molar-refractivity contribution in [2.45, 2.75) is 13.0 Å². The van der Waals surface area contributed by atoms with Gasteiger partial charge in [0.05, 0.1) is 29.9 Å². The number of rotatable bonds is 3. The first-order valence-corrected chi connectivity index (χ1v) is 5.45. The standard InChI is InChI=1S/C12H15N3O2/c1-8(7-16)15(2)12(17)10-5-3-4-9-6-13-14-11(9)10/h3-6,8,16H,7H2,1-2H3,(H,13,14). The first kappa shape index (κ1) is 11.6. The van der Waals surface area contributed by atoms with Crippen molar-refractivity contribution in [3.05, 3.63) is 30.0 Å². The number of aliphatic hydroxyl groups excluding tert-OH is 1. The second kappa shape index (κ2) is 4.55. The second-order valence-corrected chi connectivity index (χ2v) is 4.09. The van der Waals surface area contributed by atoms with Crippen molar-refractivity contribution in [1.82, 2.24) is 15.1 Å². The molecule has 2 aromatic rings. The first-order valence-electron chi connectivity index (χ1n) is 5.45. The molecule has 90 valence electrons. The number of nitrogens with zero attached hydrogens (tertiary/aromatic N) is 2. The smallest absolute Gasteiger partial charge is 0.256 e. The van der Waals surface area contributed by atoms with Crippen LogP contribution in [-0.4, -0.2) is 45.8 Å². The third kappa shape index (κ3) is 2.01. The van der Waals surface area contributed by atoms with Crippen molar-refractivity contribution >= 4 is 16.8 Å². The van der Waals surface area contributed by atoms with Crippen molar-refractivity contribution in [2.75, 3.05) is 13.7 Å². The van der Waals surface area contributed by atoms with Gasteiger partial charge in [-0.1, -0.05) is 12.1 Å². The van der Waals surface area contributed by atoms with Crippen LogP contribution in [-0.2, 0) is 0 Å². The topological polar surface area (TPSA) is 69.2 Å². The number of nitrogens with one attached hydrogen (secondary N) is 1. The Morgan fingerprint density at radius 2 is 2.35 bits per heavy atom. The number of fused-ring (bicyclic) bond motifs is 1. The molecule has 0 aliphatic carbocycles. The maximum absolute atomic E-state index is 12.2. The van der Waals surface area contributed by atoms with Crippen LogP contribution in [0.4, 0.5) is 0 Å². The fraction of sp³-hybridized carbons (Fsp3) is 0.333. The molecule has 17 heavy (non-hydrogen) atoms.